The molecule has 33 heavy (non-hydrogen) atoms. The number of hydrogen-bond acceptors (Lipinski definition) is 9. The second-order valence-electron chi connectivity index (χ2n) is 8.67. The summed E-state index contributed by atoms with van der Waals surface area (Å²) < 4.78 is 6.28. The number of nitrogens with one attached hydrogen (secondary N) is 1. The van der Waals surface area contributed by atoms with Crippen molar-refractivity contribution in [3.8, 4) is 16.2 Å². The summed E-state index contributed by atoms with van der Waals surface area (Å²) in [5.41, 5.74) is 2.33. The van der Waals surface area contributed by atoms with Gasteiger partial charge in [0.2, 0.25) is 5.91 Å². The molecule has 0 saturated carbocycles. The molecule has 9 nitrogen and oxygen atoms in total. The summed E-state index contributed by atoms with van der Waals surface area (Å²) in [7, 11) is 3.89. The Labute approximate surface area is 196 Å². The molecule has 1 saturated heterocycles. The van der Waals surface area contributed by atoms with Gasteiger partial charge in [0.05, 0.1) is 35.8 Å². The molecule has 0 radical (unpaired) electrons. The zero-order chi connectivity index (χ0) is 22.9. The Hall–Kier alpha value is -2.82. The number of piperidine rings is 1. The lowest BCUT2D eigenvalue weighted by Crippen LogP contribution is -2.52. The zero-order valence-electron chi connectivity index (χ0n) is 18.8. The fourth-order valence-electron chi connectivity index (χ4n) is 4.52. The minimum absolute atomic E-state index is 0.0970. The molecule has 2 aliphatic rings. The quantitative estimate of drug-likeness (QED) is 0.591. The zero-order valence-corrected chi connectivity index (χ0v) is 19.6. The number of carbonyl (C=O) groups is 1. The molecule has 4 bridgehead atoms. The van der Waals surface area contributed by atoms with Crippen molar-refractivity contribution in [3.63, 3.8) is 0 Å². The summed E-state index contributed by atoms with van der Waals surface area (Å²) in [5.74, 6) is 1.48. The average Bonchev–Trinajstić information content (AvgIpc) is 3.31. The normalized spacial score (nSPS) is 22.2. The maximum atomic E-state index is 13.1. The summed E-state index contributed by atoms with van der Waals surface area (Å²) >= 11 is 1.43. The van der Waals surface area contributed by atoms with Crippen molar-refractivity contribution in [2.75, 3.05) is 39.1 Å². The standard InChI is InChI=1S/C23H28N6O3S/c1-28-8-6-14-10-17(28)23(31)29(2)7-3-9-32-22-15(18-11-25-20(13-30)33-18)4-5-16-21(22)27-19(26-14)12-24-16/h4-5,11-12,14,17,30H,3,6-10,13H2,1-2H3,(H,26,27)/t14-,17-/m0/s1. The Kier molecular flexibility index (Phi) is 6.13. The van der Waals surface area contributed by atoms with E-state index in [0.29, 0.717) is 41.7 Å². The van der Waals surface area contributed by atoms with E-state index in [0.717, 1.165) is 35.3 Å². The van der Waals surface area contributed by atoms with Gasteiger partial charge in [0.25, 0.3) is 0 Å². The number of fused-ring (bicyclic) bond motifs is 3. The summed E-state index contributed by atoms with van der Waals surface area (Å²) in [6, 6.07) is 3.90. The summed E-state index contributed by atoms with van der Waals surface area (Å²) in [4.78, 5) is 31.8. The highest BCUT2D eigenvalue weighted by Crippen LogP contribution is 2.39. The Morgan fingerprint density at radius 1 is 1.24 bits per heavy atom. The van der Waals surface area contributed by atoms with Crippen LogP contribution in [0.15, 0.2) is 24.5 Å². The Morgan fingerprint density at radius 3 is 2.94 bits per heavy atom. The highest BCUT2D eigenvalue weighted by molar-refractivity contribution is 7.15. The van der Waals surface area contributed by atoms with Crippen LogP contribution in [0.4, 0.5) is 5.82 Å². The maximum Gasteiger partial charge on any atom is 0.239 e. The third kappa shape index (κ3) is 4.38. The third-order valence-electron chi connectivity index (χ3n) is 6.39. The lowest BCUT2D eigenvalue weighted by atomic mass is 9.96. The van der Waals surface area contributed by atoms with E-state index >= 15 is 0 Å². The molecule has 1 amide bonds. The first-order valence-corrected chi connectivity index (χ1v) is 12.1. The van der Waals surface area contributed by atoms with E-state index in [1.165, 1.54) is 11.3 Å². The number of nitrogens with zero attached hydrogens (tertiary/aromatic N) is 5. The van der Waals surface area contributed by atoms with E-state index < -0.39 is 0 Å². The molecule has 0 aliphatic carbocycles. The Balaban J connectivity index is 1.57. The maximum absolute atomic E-state index is 13.1. The number of anilines is 1. The molecular formula is C23H28N6O3S. The Bertz CT molecular complexity index is 1170. The number of aliphatic hydroxyl groups is 1. The second kappa shape index (κ2) is 9.20. The first kappa shape index (κ1) is 22.0. The van der Waals surface area contributed by atoms with Crippen LogP contribution in [0.1, 0.15) is 24.3 Å². The van der Waals surface area contributed by atoms with E-state index in [9.17, 15) is 9.90 Å². The second-order valence-corrected chi connectivity index (χ2v) is 9.78. The van der Waals surface area contributed by atoms with Gasteiger partial charge in [-0.3, -0.25) is 14.7 Å². The van der Waals surface area contributed by atoms with Crippen LogP contribution in [0.2, 0.25) is 0 Å². The monoisotopic (exact) mass is 468 g/mol. The van der Waals surface area contributed by atoms with Gasteiger partial charge >= 0.3 is 0 Å². The molecule has 2 atom stereocenters. The average molecular weight is 469 g/mol. The van der Waals surface area contributed by atoms with Crippen molar-refractivity contribution in [2.24, 2.45) is 0 Å². The smallest absolute Gasteiger partial charge is 0.239 e. The third-order valence-corrected chi connectivity index (χ3v) is 7.41. The SMILES string of the molecule is CN1CCCOc2c(-c3cnc(CO)s3)ccc3ncc(nc23)N[C@H]2CCN(C)[C@@H](C2)C1=O. The van der Waals surface area contributed by atoms with Crippen LogP contribution >= 0.6 is 11.3 Å². The number of likely N-dealkylation sites (tertiary alicyclic amines) is 1. The Morgan fingerprint density at radius 2 is 2.12 bits per heavy atom. The lowest BCUT2D eigenvalue weighted by Gasteiger charge is -2.38. The van der Waals surface area contributed by atoms with Crippen LogP contribution < -0.4 is 10.1 Å². The van der Waals surface area contributed by atoms with Gasteiger partial charge in [-0.2, -0.15) is 0 Å². The molecular weight excluding hydrogens is 440 g/mol. The number of rotatable bonds is 2. The van der Waals surface area contributed by atoms with Crippen LogP contribution in [0.25, 0.3) is 21.5 Å². The van der Waals surface area contributed by atoms with Crippen molar-refractivity contribution in [3.05, 3.63) is 29.5 Å². The van der Waals surface area contributed by atoms with Gasteiger partial charge in [-0.15, -0.1) is 11.3 Å². The fraction of sp³-hybridized carbons (Fsp3) is 0.478. The molecule has 5 rings (SSSR count). The minimum Gasteiger partial charge on any atom is -0.490 e. The van der Waals surface area contributed by atoms with Crippen LogP contribution in [0, 0.1) is 0 Å². The number of aromatic nitrogens is 3. The molecule has 2 N–H and O–H groups in total. The first-order valence-electron chi connectivity index (χ1n) is 11.2. The van der Waals surface area contributed by atoms with Gasteiger partial charge in [-0.05, 0) is 38.4 Å². The number of carbonyl (C=O) groups excluding carboxylic acids is 1. The molecule has 10 heteroatoms. The molecule has 174 valence electrons. The lowest BCUT2D eigenvalue weighted by molar-refractivity contribution is -0.136. The van der Waals surface area contributed by atoms with Gasteiger partial charge < -0.3 is 20.1 Å². The topological polar surface area (TPSA) is 104 Å². The number of thiazole rings is 1. The molecule has 1 fully saturated rings. The van der Waals surface area contributed by atoms with Crippen molar-refractivity contribution in [1.29, 1.82) is 0 Å². The molecule has 2 aliphatic heterocycles. The molecule has 0 spiro atoms. The largest absolute Gasteiger partial charge is 0.490 e. The molecule has 1 aromatic carbocycles. The van der Waals surface area contributed by atoms with E-state index in [1.54, 1.807) is 12.4 Å². The molecule has 4 heterocycles. The van der Waals surface area contributed by atoms with Crippen LogP contribution in [0.3, 0.4) is 0 Å². The van der Waals surface area contributed by atoms with E-state index in [2.05, 4.69) is 20.2 Å². The predicted octanol–water partition coefficient (Wildman–Crippen LogP) is 2.36. The fourth-order valence-corrected chi connectivity index (χ4v) is 5.32. The summed E-state index contributed by atoms with van der Waals surface area (Å²) in [6.07, 6.45) is 5.86. The van der Waals surface area contributed by atoms with E-state index in [1.807, 2.05) is 31.1 Å². The van der Waals surface area contributed by atoms with E-state index in [-0.39, 0.29) is 24.6 Å². The van der Waals surface area contributed by atoms with Crippen LogP contribution in [-0.2, 0) is 11.4 Å². The van der Waals surface area contributed by atoms with Gasteiger partial charge in [-0.1, -0.05) is 0 Å². The molecule has 2 aromatic heterocycles. The number of amides is 1. The minimum atomic E-state index is -0.146. The van der Waals surface area contributed by atoms with Crippen molar-refractivity contribution in [2.45, 2.75) is 38.0 Å². The summed E-state index contributed by atoms with van der Waals surface area (Å²) in [5, 5.41) is 13.6. The van der Waals surface area contributed by atoms with Crippen LogP contribution in [-0.4, -0.2) is 81.6 Å². The van der Waals surface area contributed by atoms with Crippen molar-refractivity contribution >= 4 is 34.1 Å². The number of ether oxygens (including phenoxy) is 1. The van der Waals surface area contributed by atoms with Crippen molar-refractivity contribution in [1.82, 2.24) is 24.8 Å². The number of hydrogen-bond donors (Lipinski definition) is 2. The predicted molar refractivity (Wildman–Crippen MR) is 127 cm³/mol. The van der Waals surface area contributed by atoms with Gasteiger partial charge in [0.1, 0.15) is 16.3 Å². The van der Waals surface area contributed by atoms with E-state index in [4.69, 9.17) is 9.72 Å². The number of likely N-dealkylation sites (N-methyl/N-ethyl adjacent to an activating group) is 2. The molecule has 3 aromatic rings. The first-order chi connectivity index (χ1) is 16.0. The van der Waals surface area contributed by atoms with Crippen LogP contribution in [0.5, 0.6) is 5.75 Å². The van der Waals surface area contributed by atoms with Crippen molar-refractivity contribution < 1.29 is 14.6 Å². The van der Waals surface area contributed by atoms with Gasteiger partial charge in [0.15, 0.2) is 5.75 Å². The summed E-state index contributed by atoms with van der Waals surface area (Å²) in [6.45, 7) is 1.81. The number of benzene rings is 1. The highest BCUT2D eigenvalue weighted by Gasteiger charge is 2.33. The highest BCUT2D eigenvalue weighted by atomic mass is 32.1. The van der Waals surface area contributed by atoms with Gasteiger partial charge in [-0.25, -0.2) is 9.97 Å². The molecule has 0 unspecified atom stereocenters. The van der Waals surface area contributed by atoms with Gasteiger partial charge in [0, 0.05) is 37.9 Å². The number of aliphatic hydroxyl groups excluding tert-OH is 1.